The van der Waals surface area contributed by atoms with Gasteiger partial charge >= 0.3 is 0 Å². The Morgan fingerprint density at radius 2 is 2.00 bits per heavy atom. The Bertz CT molecular complexity index is 332. The molecule has 1 rings (SSSR count). The van der Waals surface area contributed by atoms with Gasteiger partial charge in [0.15, 0.2) is 5.96 Å². The molecule has 6 heteroatoms. The Balaban J connectivity index is 2.27. The summed E-state index contributed by atoms with van der Waals surface area (Å²) in [5, 5.41) is 3.14. The van der Waals surface area contributed by atoms with Gasteiger partial charge in [-0.05, 0) is 12.8 Å². The van der Waals surface area contributed by atoms with Crippen molar-refractivity contribution in [3.05, 3.63) is 0 Å². The normalized spacial score (nSPS) is 19.7. The highest BCUT2D eigenvalue weighted by Crippen LogP contribution is 2.16. The SMILES string of the molecule is CS(=O)(=O)CCN=C(N)NC1CCCCC1. The minimum atomic E-state index is -2.94. The van der Waals surface area contributed by atoms with Crippen molar-refractivity contribution in [2.24, 2.45) is 10.7 Å². The van der Waals surface area contributed by atoms with Gasteiger partial charge < -0.3 is 11.1 Å². The van der Waals surface area contributed by atoms with Gasteiger partial charge in [0.05, 0.1) is 12.3 Å². The summed E-state index contributed by atoms with van der Waals surface area (Å²) in [6.45, 7) is 0.240. The van der Waals surface area contributed by atoms with Crippen LogP contribution in [0.2, 0.25) is 0 Å². The van der Waals surface area contributed by atoms with E-state index >= 15 is 0 Å². The van der Waals surface area contributed by atoms with Crippen molar-refractivity contribution in [1.82, 2.24) is 5.32 Å². The molecule has 0 saturated heterocycles. The zero-order chi connectivity index (χ0) is 12.0. The summed E-state index contributed by atoms with van der Waals surface area (Å²) in [5.74, 6) is 0.426. The number of guanidine groups is 1. The van der Waals surface area contributed by atoms with E-state index in [4.69, 9.17) is 5.73 Å². The first-order chi connectivity index (χ1) is 7.47. The van der Waals surface area contributed by atoms with E-state index in [9.17, 15) is 8.42 Å². The van der Waals surface area contributed by atoms with Gasteiger partial charge in [0.2, 0.25) is 0 Å². The molecule has 0 amide bonds. The fourth-order valence-electron chi connectivity index (χ4n) is 1.83. The van der Waals surface area contributed by atoms with Gasteiger partial charge in [-0.2, -0.15) is 0 Å². The first-order valence-corrected chi connectivity index (χ1v) is 7.77. The Kier molecular flexibility index (Phi) is 5.05. The van der Waals surface area contributed by atoms with E-state index in [1.807, 2.05) is 0 Å². The molecule has 1 fully saturated rings. The zero-order valence-electron chi connectivity index (χ0n) is 9.78. The molecule has 0 aliphatic heterocycles. The molecule has 0 radical (unpaired) electrons. The van der Waals surface area contributed by atoms with Gasteiger partial charge in [0, 0.05) is 12.3 Å². The average molecular weight is 247 g/mol. The molecular formula is C10H21N3O2S. The number of nitrogens with two attached hydrogens (primary N) is 1. The predicted octanol–water partition coefficient (Wildman–Crippen LogP) is 0.268. The third-order valence-electron chi connectivity index (χ3n) is 2.70. The number of hydrogen-bond donors (Lipinski definition) is 2. The monoisotopic (exact) mass is 247 g/mol. The molecule has 1 aliphatic rings. The lowest BCUT2D eigenvalue weighted by Crippen LogP contribution is -2.41. The van der Waals surface area contributed by atoms with Crippen LogP contribution in [0.25, 0.3) is 0 Å². The Morgan fingerprint density at radius 3 is 2.56 bits per heavy atom. The predicted molar refractivity (Wildman–Crippen MR) is 66.2 cm³/mol. The van der Waals surface area contributed by atoms with E-state index < -0.39 is 9.84 Å². The summed E-state index contributed by atoms with van der Waals surface area (Å²) in [5.41, 5.74) is 5.68. The molecule has 0 aromatic carbocycles. The van der Waals surface area contributed by atoms with Gasteiger partial charge in [-0.3, -0.25) is 4.99 Å². The topological polar surface area (TPSA) is 84.5 Å². The maximum absolute atomic E-state index is 10.9. The minimum absolute atomic E-state index is 0.0556. The minimum Gasteiger partial charge on any atom is -0.370 e. The highest BCUT2D eigenvalue weighted by atomic mass is 32.2. The van der Waals surface area contributed by atoms with E-state index in [1.165, 1.54) is 25.5 Å². The summed E-state index contributed by atoms with van der Waals surface area (Å²) in [6, 6.07) is 0.413. The van der Waals surface area contributed by atoms with E-state index in [2.05, 4.69) is 10.3 Å². The van der Waals surface area contributed by atoms with Crippen LogP contribution in [-0.2, 0) is 9.84 Å². The molecule has 5 nitrogen and oxygen atoms in total. The fraction of sp³-hybridized carbons (Fsp3) is 0.900. The Labute approximate surface area is 97.4 Å². The van der Waals surface area contributed by atoms with Gasteiger partial charge in [-0.1, -0.05) is 19.3 Å². The lowest BCUT2D eigenvalue weighted by Gasteiger charge is -2.23. The number of aliphatic imine (C=N–C) groups is 1. The van der Waals surface area contributed by atoms with Crippen LogP contribution in [0.15, 0.2) is 4.99 Å². The Morgan fingerprint density at radius 1 is 1.38 bits per heavy atom. The standard InChI is InChI=1S/C10H21N3O2S/c1-16(14,15)8-7-12-10(11)13-9-5-3-2-4-6-9/h9H,2-8H2,1H3,(H3,11,12,13). The number of nitrogens with zero attached hydrogens (tertiary/aromatic N) is 1. The second-order valence-electron chi connectivity index (χ2n) is 4.38. The number of rotatable bonds is 4. The van der Waals surface area contributed by atoms with Gasteiger partial charge in [-0.15, -0.1) is 0 Å². The summed E-state index contributed by atoms with van der Waals surface area (Å²) in [6.07, 6.45) is 7.21. The van der Waals surface area contributed by atoms with Crippen LogP contribution in [0.3, 0.4) is 0 Å². The molecule has 94 valence electrons. The van der Waals surface area contributed by atoms with E-state index in [0.29, 0.717) is 12.0 Å². The van der Waals surface area contributed by atoms with Crippen LogP contribution < -0.4 is 11.1 Å². The summed E-state index contributed by atoms with van der Waals surface area (Å²) in [4.78, 5) is 4.01. The van der Waals surface area contributed by atoms with Crippen molar-refractivity contribution in [2.75, 3.05) is 18.6 Å². The molecule has 0 aromatic rings. The maximum Gasteiger partial charge on any atom is 0.188 e. The molecule has 0 atom stereocenters. The lowest BCUT2D eigenvalue weighted by atomic mass is 9.96. The number of hydrogen-bond acceptors (Lipinski definition) is 3. The number of sulfone groups is 1. The van der Waals surface area contributed by atoms with Crippen LogP contribution >= 0.6 is 0 Å². The molecule has 0 bridgehead atoms. The first kappa shape index (κ1) is 13.3. The molecule has 1 saturated carbocycles. The van der Waals surface area contributed by atoms with Crippen LogP contribution in [-0.4, -0.2) is 39.0 Å². The second kappa shape index (κ2) is 6.08. The van der Waals surface area contributed by atoms with Crippen LogP contribution in [0.5, 0.6) is 0 Å². The van der Waals surface area contributed by atoms with E-state index in [-0.39, 0.29) is 12.3 Å². The van der Waals surface area contributed by atoms with Crippen molar-refractivity contribution in [3.8, 4) is 0 Å². The van der Waals surface area contributed by atoms with E-state index in [1.54, 1.807) is 0 Å². The average Bonchev–Trinajstić information content (AvgIpc) is 2.17. The first-order valence-electron chi connectivity index (χ1n) is 5.71. The Hall–Kier alpha value is -0.780. The zero-order valence-corrected chi connectivity index (χ0v) is 10.6. The van der Waals surface area contributed by atoms with Crippen LogP contribution in [0.1, 0.15) is 32.1 Å². The molecule has 1 aliphatic carbocycles. The van der Waals surface area contributed by atoms with Crippen LogP contribution in [0.4, 0.5) is 0 Å². The van der Waals surface area contributed by atoms with E-state index in [0.717, 1.165) is 12.8 Å². The van der Waals surface area contributed by atoms with Gasteiger partial charge in [0.25, 0.3) is 0 Å². The van der Waals surface area contributed by atoms with Crippen LogP contribution in [0, 0.1) is 0 Å². The molecule has 3 N–H and O–H groups in total. The largest absolute Gasteiger partial charge is 0.370 e. The van der Waals surface area contributed by atoms with Crippen molar-refractivity contribution in [2.45, 2.75) is 38.1 Å². The summed E-state index contributed by atoms with van der Waals surface area (Å²) in [7, 11) is -2.94. The smallest absolute Gasteiger partial charge is 0.188 e. The van der Waals surface area contributed by atoms with Crippen molar-refractivity contribution < 1.29 is 8.42 Å². The third-order valence-corrected chi connectivity index (χ3v) is 3.63. The highest BCUT2D eigenvalue weighted by molar-refractivity contribution is 7.90. The molecule has 0 unspecified atom stereocenters. The third kappa shape index (κ3) is 5.95. The second-order valence-corrected chi connectivity index (χ2v) is 6.64. The molecular weight excluding hydrogens is 226 g/mol. The summed E-state index contributed by atoms with van der Waals surface area (Å²) < 4.78 is 21.7. The summed E-state index contributed by atoms with van der Waals surface area (Å²) >= 11 is 0. The molecule has 16 heavy (non-hydrogen) atoms. The van der Waals surface area contributed by atoms with Gasteiger partial charge in [0.1, 0.15) is 9.84 Å². The fourth-order valence-corrected chi connectivity index (χ4v) is 2.26. The lowest BCUT2D eigenvalue weighted by molar-refractivity contribution is 0.412. The molecule has 0 heterocycles. The quantitative estimate of drug-likeness (QED) is 0.551. The van der Waals surface area contributed by atoms with Crippen molar-refractivity contribution >= 4 is 15.8 Å². The molecule has 0 aromatic heterocycles. The number of nitrogens with one attached hydrogen (secondary N) is 1. The highest BCUT2D eigenvalue weighted by Gasteiger charge is 2.13. The van der Waals surface area contributed by atoms with Gasteiger partial charge in [-0.25, -0.2) is 8.42 Å². The maximum atomic E-state index is 10.9. The van der Waals surface area contributed by atoms with Crippen molar-refractivity contribution in [1.29, 1.82) is 0 Å². The molecule has 0 spiro atoms. The van der Waals surface area contributed by atoms with Crippen molar-refractivity contribution in [3.63, 3.8) is 0 Å².